The molecule has 2 aromatic carbocycles. The molecule has 1 aromatic heterocycles. The molecule has 0 radical (unpaired) electrons. The van der Waals surface area contributed by atoms with Gasteiger partial charge in [0.05, 0.1) is 24.3 Å². The van der Waals surface area contributed by atoms with Crippen LogP contribution < -0.4 is 0 Å². The van der Waals surface area contributed by atoms with Gasteiger partial charge in [0, 0.05) is 24.2 Å². The first-order valence-electron chi connectivity index (χ1n) is 14.3. The first-order chi connectivity index (χ1) is 18.7. The van der Waals surface area contributed by atoms with E-state index in [2.05, 4.69) is 55.7 Å². The van der Waals surface area contributed by atoms with Crippen molar-refractivity contribution in [3.05, 3.63) is 71.7 Å². The number of hydrogen-bond donors (Lipinski definition) is 0. The Morgan fingerprint density at radius 2 is 1.62 bits per heavy atom. The summed E-state index contributed by atoms with van der Waals surface area (Å²) in [5.74, 6) is -1.02. The van der Waals surface area contributed by atoms with E-state index < -0.39 is 11.4 Å². The van der Waals surface area contributed by atoms with E-state index >= 15 is 0 Å². The first kappa shape index (κ1) is 30.0. The fraction of sp³-hybridized carbons (Fsp3) is 0.500. The molecule has 2 heterocycles. The van der Waals surface area contributed by atoms with Gasteiger partial charge in [-0.25, -0.2) is 4.39 Å². The number of hydrogen-bond acceptors (Lipinski definition) is 4. The summed E-state index contributed by atoms with van der Waals surface area (Å²) < 4.78 is 34.2. The summed E-state index contributed by atoms with van der Waals surface area (Å²) in [4.78, 5) is 12.6. The zero-order valence-corrected chi connectivity index (χ0v) is 25.2. The fourth-order valence-corrected chi connectivity index (χ4v) is 5.52. The van der Waals surface area contributed by atoms with Gasteiger partial charge < -0.3 is 18.8 Å². The van der Waals surface area contributed by atoms with E-state index in [9.17, 15) is 9.18 Å². The third-order valence-corrected chi connectivity index (χ3v) is 7.12. The highest BCUT2D eigenvalue weighted by Gasteiger charge is 2.37. The number of halogens is 1. The minimum absolute atomic E-state index is 0.0845. The van der Waals surface area contributed by atoms with Crippen molar-refractivity contribution in [1.29, 1.82) is 0 Å². The summed E-state index contributed by atoms with van der Waals surface area (Å²) in [6.07, 6.45) is 1.22. The molecule has 1 saturated heterocycles. The Hall–Kier alpha value is -2.96. The lowest BCUT2D eigenvalue weighted by Crippen LogP contribution is -2.46. The topological polar surface area (TPSA) is 49.7 Å². The summed E-state index contributed by atoms with van der Waals surface area (Å²) in [7, 11) is 0. The van der Waals surface area contributed by atoms with Crippen molar-refractivity contribution < 1.29 is 23.4 Å². The molecule has 6 heteroatoms. The van der Waals surface area contributed by atoms with Crippen LogP contribution in [0.4, 0.5) is 4.39 Å². The highest BCUT2D eigenvalue weighted by atomic mass is 19.1. The quantitative estimate of drug-likeness (QED) is 0.265. The van der Waals surface area contributed by atoms with Crippen LogP contribution >= 0.6 is 0 Å². The minimum atomic E-state index is -0.799. The Morgan fingerprint density at radius 3 is 2.23 bits per heavy atom. The molecule has 4 rings (SSSR count). The maximum absolute atomic E-state index is 13.8. The number of rotatable bonds is 8. The van der Waals surface area contributed by atoms with E-state index in [0.717, 1.165) is 35.3 Å². The third kappa shape index (κ3) is 7.61. The molecule has 5 nitrogen and oxygen atoms in total. The number of carbonyl (C=O) groups excluding carboxylic acids is 1. The summed E-state index contributed by atoms with van der Waals surface area (Å²) in [6, 6.07) is 17.5. The number of ether oxygens (including phenoxy) is 3. The summed E-state index contributed by atoms with van der Waals surface area (Å²) in [6.45, 7) is 16.6. The van der Waals surface area contributed by atoms with Gasteiger partial charge in [0.15, 0.2) is 5.79 Å². The Morgan fingerprint density at radius 1 is 1.02 bits per heavy atom. The normalized spacial score (nSPS) is 19.1. The average Bonchev–Trinajstić information content (AvgIpc) is 3.21. The number of esters is 1. The predicted molar refractivity (Wildman–Crippen MR) is 158 cm³/mol. The van der Waals surface area contributed by atoms with E-state index in [1.165, 1.54) is 23.4 Å². The van der Waals surface area contributed by atoms with Crippen LogP contribution in [0.25, 0.3) is 22.4 Å². The molecule has 0 N–H and O–H groups in total. The van der Waals surface area contributed by atoms with E-state index in [0.29, 0.717) is 6.42 Å². The van der Waals surface area contributed by atoms with Crippen LogP contribution in [0.5, 0.6) is 0 Å². The van der Waals surface area contributed by atoms with Crippen molar-refractivity contribution in [1.82, 2.24) is 4.57 Å². The fourth-order valence-electron chi connectivity index (χ4n) is 5.52. The molecular weight excluding hydrogens is 505 g/mol. The number of nitrogens with zero attached hydrogens (tertiary/aromatic N) is 1. The number of aryl methyl sites for hydroxylation is 1. The van der Waals surface area contributed by atoms with Crippen molar-refractivity contribution >= 4 is 5.97 Å². The molecule has 2 unspecified atom stereocenters. The van der Waals surface area contributed by atoms with Crippen LogP contribution in [-0.2, 0) is 25.5 Å². The molecule has 0 bridgehead atoms. The standard InChI is InChI=1S/C34H44FNO4/c1-22(2)30-21-29(24-13-15-26(35)16-14-24)32(25-11-9-23(3)10-12-25)36(30)18-17-27-19-28(39-34(7,8)38-27)20-31(37)40-33(4,5)6/h9-16,21-22,27-28H,17-20H2,1-8H3. The van der Waals surface area contributed by atoms with Crippen LogP contribution in [0, 0.1) is 12.7 Å². The minimum Gasteiger partial charge on any atom is -0.460 e. The van der Waals surface area contributed by atoms with E-state index in [1.54, 1.807) is 0 Å². The second kappa shape index (κ2) is 11.9. The Labute approximate surface area is 238 Å². The molecule has 0 amide bonds. The maximum atomic E-state index is 13.8. The molecule has 1 fully saturated rings. The van der Waals surface area contributed by atoms with Crippen LogP contribution in [-0.4, -0.2) is 34.1 Å². The molecule has 3 aromatic rings. The van der Waals surface area contributed by atoms with Gasteiger partial charge in [-0.2, -0.15) is 0 Å². The van der Waals surface area contributed by atoms with E-state index in [-0.39, 0.29) is 36.3 Å². The number of aromatic nitrogens is 1. The Bertz CT molecular complexity index is 1300. The lowest BCUT2D eigenvalue weighted by molar-refractivity contribution is -0.301. The van der Waals surface area contributed by atoms with Gasteiger partial charge in [0.2, 0.25) is 0 Å². The Kier molecular flexibility index (Phi) is 8.91. The maximum Gasteiger partial charge on any atom is 0.308 e. The predicted octanol–water partition coefficient (Wildman–Crippen LogP) is 8.43. The summed E-state index contributed by atoms with van der Waals surface area (Å²) >= 11 is 0. The molecular formula is C34H44FNO4. The summed E-state index contributed by atoms with van der Waals surface area (Å²) in [5.41, 5.74) is 6.18. The van der Waals surface area contributed by atoms with Gasteiger partial charge >= 0.3 is 5.97 Å². The van der Waals surface area contributed by atoms with Crippen LogP contribution in [0.1, 0.15) is 84.9 Å². The molecule has 0 spiro atoms. The SMILES string of the molecule is Cc1ccc(-c2c(-c3ccc(F)cc3)cc(C(C)C)n2CCC2CC(CC(=O)OC(C)(C)C)OC(C)(C)O2)cc1. The largest absolute Gasteiger partial charge is 0.460 e. The Balaban J connectivity index is 1.65. The summed E-state index contributed by atoms with van der Waals surface area (Å²) in [5, 5.41) is 0. The molecule has 216 valence electrons. The molecule has 40 heavy (non-hydrogen) atoms. The third-order valence-electron chi connectivity index (χ3n) is 7.12. The molecule has 1 aliphatic rings. The van der Waals surface area contributed by atoms with Crippen molar-refractivity contribution in [2.75, 3.05) is 0 Å². The second-order valence-electron chi connectivity index (χ2n) is 12.7. The average molecular weight is 550 g/mol. The highest BCUT2D eigenvalue weighted by Crippen LogP contribution is 2.39. The molecule has 0 aliphatic carbocycles. The zero-order chi connectivity index (χ0) is 29.2. The highest BCUT2D eigenvalue weighted by molar-refractivity contribution is 5.83. The van der Waals surface area contributed by atoms with Crippen molar-refractivity contribution in [3.63, 3.8) is 0 Å². The molecule has 2 atom stereocenters. The number of benzene rings is 2. The van der Waals surface area contributed by atoms with E-state index in [1.807, 2.05) is 46.8 Å². The van der Waals surface area contributed by atoms with Crippen LogP contribution in [0.3, 0.4) is 0 Å². The second-order valence-corrected chi connectivity index (χ2v) is 12.7. The van der Waals surface area contributed by atoms with Gasteiger partial charge in [-0.3, -0.25) is 4.79 Å². The smallest absolute Gasteiger partial charge is 0.308 e. The van der Waals surface area contributed by atoms with Crippen molar-refractivity contribution in [3.8, 4) is 22.4 Å². The lowest BCUT2D eigenvalue weighted by Gasteiger charge is -2.41. The molecule has 0 saturated carbocycles. The van der Waals surface area contributed by atoms with Crippen molar-refractivity contribution in [2.24, 2.45) is 0 Å². The van der Waals surface area contributed by atoms with Gasteiger partial charge in [-0.15, -0.1) is 0 Å². The van der Waals surface area contributed by atoms with Crippen LogP contribution in [0.2, 0.25) is 0 Å². The monoisotopic (exact) mass is 549 g/mol. The van der Waals surface area contributed by atoms with E-state index in [4.69, 9.17) is 14.2 Å². The molecule has 1 aliphatic heterocycles. The van der Waals surface area contributed by atoms with Gasteiger partial charge in [0.25, 0.3) is 0 Å². The van der Waals surface area contributed by atoms with Gasteiger partial charge in [-0.05, 0) is 83.2 Å². The van der Waals surface area contributed by atoms with Crippen LogP contribution in [0.15, 0.2) is 54.6 Å². The number of carbonyl (C=O) groups is 1. The van der Waals surface area contributed by atoms with Gasteiger partial charge in [0.1, 0.15) is 11.4 Å². The lowest BCUT2D eigenvalue weighted by atomic mass is 10.00. The first-order valence-corrected chi connectivity index (χ1v) is 14.3. The van der Waals surface area contributed by atoms with Crippen molar-refractivity contribution in [2.45, 2.75) is 111 Å². The zero-order valence-electron chi connectivity index (χ0n) is 25.2. The van der Waals surface area contributed by atoms with Gasteiger partial charge in [-0.1, -0.05) is 55.8 Å².